The number of nitrogens with zero attached hydrogens (tertiary/aromatic N) is 1. The minimum absolute atomic E-state index is 0.253. The Morgan fingerprint density at radius 2 is 1.95 bits per heavy atom. The maximum Gasteiger partial charge on any atom is 0.0595 e. The fraction of sp³-hybridized carbons (Fsp3) is 0.625. The van der Waals surface area contributed by atoms with E-state index in [1.54, 1.807) is 0 Å². The first-order valence-electron chi connectivity index (χ1n) is 7.42. The van der Waals surface area contributed by atoms with Gasteiger partial charge in [-0.15, -0.1) is 0 Å². The van der Waals surface area contributed by atoms with Crippen LogP contribution in [0.1, 0.15) is 39.2 Å². The summed E-state index contributed by atoms with van der Waals surface area (Å²) >= 11 is 12.1. The van der Waals surface area contributed by atoms with E-state index in [2.05, 4.69) is 37.1 Å². The van der Waals surface area contributed by atoms with E-state index >= 15 is 0 Å². The second-order valence-corrected chi connectivity index (χ2v) is 6.69. The van der Waals surface area contributed by atoms with Gasteiger partial charge in [0, 0.05) is 31.2 Å². The van der Waals surface area contributed by atoms with Gasteiger partial charge in [-0.3, -0.25) is 4.90 Å². The first-order valence-corrected chi connectivity index (χ1v) is 8.18. The molecule has 1 aromatic carbocycles. The lowest BCUT2D eigenvalue weighted by atomic mass is 9.88. The van der Waals surface area contributed by atoms with Gasteiger partial charge in [0.25, 0.3) is 0 Å². The van der Waals surface area contributed by atoms with Gasteiger partial charge in [-0.25, -0.2) is 0 Å². The van der Waals surface area contributed by atoms with Gasteiger partial charge < -0.3 is 5.32 Å². The molecule has 1 unspecified atom stereocenters. The first-order chi connectivity index (χ1) is 9.49. The second kappa shape index (κ2) is 6.65. The average Bonchev–Trinajstić information content (AvgIpc) is 2.46. The van der Waals surface area contributed by atoms with Crippen molar-refractivity contribution >= 4 is 23.2 Å². The highest BCUT2D eigenvalue weighted by Gasteiger charge is 2.34. The Bertz CT molecular complexity index is 458. The van der Waals surface area contributed by atoms with Crippen molar-refractivity contribution in [2.24, 2.45) is 0 Å². The van der Waals surface area contributed by atoms with E-state index in [1.165, 1.54) is 5.56 Å². The zero-order chi connectivity index (χ0) is 14.8. The molecule has 0 amide bonds. The number of hydrogen-bond acceptors (Lipinski definition) is 2. The lowest BCUT2D eigenvalue weighted by molar-refractivity contribution is 0.0746. The molecule has 1 saturated heterocycles. The molecule has 1 N–H and O–H groups in total. The van der Waals surface area contributed by atoms with Gasteiger partial charge in [0.05, 0.1) is 10.0 Å². The molecule has 1 aliphatic heterocycles. The van der Waals surface area contributed by atoms with Crippen LogP contribution in [0.3, 0.4) is 0 Å². The number of hydrogen-bond donors (Lipinski definition) is 1. The van der Waals surface area contributed by atoms with Crippen LogP contribution in [0.15, 0.2) is 18.2 Å². The monoisotopic (exact) mass is 314 g/mol. The molecular weight excluding hydrogens is 291 g/mol. The lowest BCUT2D eigenvalue weighted by Crippen LogP contribution is -2.62. The van der Waals surface area contributed by atoms with Gasteiger partial charge in [-0.2, -0.15) is 0 Å². The van der Waals surface area contributed by atoms with Crippen LogP contribution < -0.4 is 5.32 Å². The van der Waals surface area contributed by atoms with Gasteiger partial charge in [0.1, 0.15) is 0 Å². The molecule has 1 aliphatic rings. The summed E-state index contributed by atoms with van der Waals surface area (Å²) in [4.78, 5) is 2.54. The number of halogens is 2. The molecule has 0 spiro atoms. The molecule has 112 valence electrons. The number of rotatable bonds is 4. The van der Waals surface area contributed by atoms with Crippen molar-refractivity contribution in [2.75, 3.05) is 13.1 Å². The third kappa shape index (κ3) is 3.48. The molecule has 4 heteroatoms. The quantitative estimate of drug-likeness (QED) is 0.889. The zero-order valence-electron chi connectivity index (χ0n) is 12.5. The average molecular weight is 315 g/mol. The lowest BCUT2D eigenvalue weighted by Gasteiger charge is -2.46. The normalized spacial score (nSPS) is 22.9. The van der Waals surface area contributed by atoms with Crippen molar-refractivity contribution in [1.29, 1.82) is 0 Å². The molecule has 0 aliphatic carbocycles. The van der Waals surface area contributed by atoms with Gasteiger partial charge in [-0.1, -0.05) is 43.1 Å². The van der Waals surface area contributed by atoms with E-state index < -0.39 is 0 Å². The molecule has 2 nitrogen and oxygen atoms in total. The Labute approximate surface area is 132 Å². The molecule has 1 aromatic rings. The van der Waals surface area contributed by atoms with Crippen LogP contribution in [0.4, 0.5) is 0 Å². The van der Waals surface area contributed by atoms with E-state index in [4.69, 9.17) is 23.2 Å². The molecule has 0 bridgehead atoms. The summed E-state index contributed by atoms with van der Waals surface area (Å²) in [6.07, 6.45) is 2.32. The van der Waals surface area contributed by atoms with Gasteiger partial charge in [0.2, 0.25) is 0 Å². The summed E-state index contributed by atoms with van der Waals surface area (Å²) < 4.78 is 0. The van der Waals surface area contributed by atoms with E-state index in [9.17, 15) is 0 Å². The maximum atomic E-state index is 6.12. The highest BCUT2D eigenvalue weighted by molar-refractivity contribution is 6.42. The summed E-state index contributed by atoms with van der Waals surface area (Å²) in [5.74, 6) is 0. The smallest absolute Gasteiger partial charge is 0.0595 e. The van der Waals surface area contributed by atoms with Crippen molar-refractivity contribution in [3.05, 3.63) is 33.8 Å². The van der Waals surface area contributed by atoms with Crippen LogP contribution >= 0.6 is 23.2 Å². The molecule has 2 rings (SSSR count). The van der Waals surface area contributed by atoms with Crippen molar-refractivity contribution in [3.8, 4) is 0 Å². The van der Waals surface area contributed by atoms with Crippen LogP contribution in [0.5, 0.6) is 0 Å². The van der Waals surface area contributed by atoms with Crippen LogP contribution in [0.25, 0.3) is 0 Å². The van der Waals surface area contributed by atoms with E-state index in [1.807, 2.05) is 12.1 Å². The highest BCUT2D eigenvalue weighted by Crippen LogP contribution is 2.27. The largest absolute Gasteiger partial charge is 0.308 e. The van der Waals surface area contributed by atoms with Gasteiger partial charge in [-0.05, 0) is 37.5 Å². The highest BCUT2D eigenvalue weighted by atomic mass is 35.5. The summed E-state index contributed by atoms with van der Waals surface area (Å²) in [5.41, 5.74) is 1.48. The summed E-state index contributed by atoms with van der Waals surface area (Å²) in [6, 6.07) is 6.48. The molecule has 1 atom stereocenters. The Morgan fingerprint density at radius 1 is 1.25 bits per heavy atom. The first kappa shape index (κ1) is 16.1. The van der Waals surface area contributed by atoms with E-state index in [0.717, 1.165) is 32.5 Å². The SMILES string of the molecule is CCC1(CC)CN(Cc2ccc(Cl)c(Cl)c2)C(C)CN1. The zero-order valence-corrected chi connectivity index (χ0v) is 14.1. The fourth-order valence-corrected chi connectivity index (χ4v) is 3.22. The number of nitrogens with one attached hydrogen (secondary N) is 1. The minimum atomic E-state index is 0.253. The molecule has 0 saturated carbocycles. The number of benzene rings is 1. The van der Waals surface area contributed by atoms with E-state index in [0.29, 0.717) is 16.1 Å². The van der Waals surface area contributed by atoms with Gasteiger partial charge >= 0.3 is 0 Å². The minimum Gasteiger partial charge on any atom is -0.308 e. The Hall–Kier alpha value is -0.280. The molecule has 1 heterocycles. The summed E-state index contributed by atoms with van der Waals surface area (Å²) in [5, 5.41) is 5.00. The van der Waals surface area contributed by atoms with Crippen LogP contribution in [0, 0.1) is 0 Å². The van der Waals surface area contributed by atoms with Crippen LogP contribution in [-0.4, -0.2) is 29.6 Å². The Balaban J connectivity index is 2.11. The fourth-order valence-electron chi connectivity index (χ4n) is 2.90. The molecular formula is C16H24Cl2N2. The number of piperazine rings is 1. The van der Waals surface area contributed by atoms with Crippen LogP contribution in [0.2, 0.25) is 10.0 Å². The standard InChI is InChI=1S/C16H24Cl2N2/c1-4-16(5-2)11-20(12(3)9-19-16)10-13-6-7-14(17)15(18)8-13/h6-8,12,19H,4-5,9-11H2,1-3H3. The van der Waals surface area contributed by atoms with E-state index in [-0.39, 0.29) is 5.54 Å². The predicted molar refractivity (Wildman–Crippen MR) is 87.6 cm³/mol. The van der Waals surface area contributed by atoms with Crippen LogP contribution in [-0.2, 0) is 6.54 Å². The molecule has 1 fully saturated rings. The van der Waals surface area contributed by atoms with Crippen molar-refractivity contribution in [1.82, 2.24) is 10.2 Å². The summed E-state index contributed by atoms with van der Waals surface area (Å²) in [6.45, 7) is 9.87. The van der Waals surface area contributed by atoms with Crippen molar-refractivity contribution < 1.29 is 0 Å². The molecule has 0 aromatic heterocycles. The van der Waals surface area contributed by atoms with Crippen molar-refractivity contribution in [3.63, 3.8) is 0 Å². The third-order valence-corrected chi connectivity index (χ3v) is 5.36. The van der Waals surface area contributed by atoms with Crippen molar-refractivity contribution in [2.45, 2.75) is 51.7 Å². The Morgan fingerprint density at radius 3 is 2.55 bits per heavy atom. The third-order valence-electron chi connectivity index (χ3n) is 4.62. The topological polar surface area (TPSA) is 15.3 Å². The maximum absolute atomic E-state index is 6.12. The summed E-state index contributed by atoms with van der Waals surface area (Å²) in [7, 11) is 0. The van der Waals surface area contributed by atoms with Gasteiger partial charge in [0.15, 0.2) is 0 Å². The molecule has 0 radical (unpaired) electrons. The Kier molecular flexibility index (Phi) is 5.36. The second-order valence-electron chi connectivity index (χ2n) is 5.87. The molecule has 20 heavy (non-hydrogen) atoms. The predicted octanol–water partition coefficient (Wildman–Crippen LogP) is 4.35.